The molecule has 2 rings (SSSR count). The average molecular weight is 295 g/mol. The van der Waals surface area contributed by atoms with Gasteiger partial charge in [0, 0.05) is 40.3 Å². The minimum Gasteiger partial charge on any atom is -0.339 e. The van der Waals surface area contributed by atoms with Gasteiger partial charge in [-0.1, -0.05) is 5.21 Å². The number of nitrogens with one attached hydrogen (secondary N) is 1. The fourth-order valence-electron chi connectivity index (χ4n) is 1.95. The zero-order chi connectivity index (χ0) is 15.4. The fraction of sp³-hybridized carbons (Fsp3) is 0.667. The Morgan fingerprint density at radius 2 is 1.95 bits per heavy atom. The van der Waals surface area contributed by atoms with E-state index in [9.17, 15) is 9.59 Å². The largest absolute Gasteiger partial charge is 0.339 e. The first-order valence-corrected chi connectivity index (χ1v) is 6.80. The summed E-state index contributed by atoms with van der Waals surface area (Å²) in [5, 5.41) is 10.3. The molecular formula is C12H21N7O2. The SMILES string of the molecule is CN1CCN(C(=O)Cn2cc(NC(=O)N(C)C)nn2)CC1. The highest BCUT2D eigenvalue weighted by atomic mass is 16.2. The minimum absolute atomic E-state index is 0.0125. The van der Waals surface area contributed by atoms with Crippen LogP contribution in [0.4, 0.5) is 10.6 Å². The standard InChI is InChI=1S/C12H21N7O2/c1-16(2)12(21)13-10-8-19(15-14-10)9-11(20)18-6-4-17(3)5-7-18/h8H,4-7,9H2,1-3H3,(H,13,21). The number of nitrogens with zero attached hydrogens (tertiary/aromatic N) is 6. The van der Waals surface area contributed by atoms with Crippen molar-refractivity contribution in [1.82, 2.24) is 29.7 Å². The number of rotatable bonds is 3. The third kappa shape index (κ3) is 4.15. The first kappa shape index (κ1) is 15.2. The molecule has 1 fully saturated rings. The molecule has 0 bridgehead atoms. The van der Waals surface area contributed by atoms with Crippen molar-refractivity contribution in [2.24, 2.45) is 0 Å². The van der Waals surface area contributed by atoms with Crippen LogP contribution < -0.4 is 5.32 Å². The van der Waals surface area contributed by atoms with Crippen LogP contribution in [0, 0.1) is 0 Å². The van der Waals surface area contributed by atoms with Gasteiger partial charge in [-0.15, -0.1) is 5.10 Å². The lowest BCUT2D eigenvalue weighted by molar-refractivity contribution is -0.133. The van der Waals surface area contributed by atoms with Gasteiger partial charge in [-0.3, -0.25) is 10.1 Å². The van der Waals surface area contributed by atoms with Gasteiger partial charge in [-0.05, 0) is 7.05 Å². The normalized spacial score (nSPS) is 15.9. The first-order chi connectivity index (χ1) is 9.95. The molecule has 21 heavy (non-hydrogen) atoms. The number of piperazine rings is 1. The molecule has 1 N–H and O–H groups in total. The van der Waals surface area contributed by atoms with Crippen molar-refractivity contribution in [1.29, 1.82) is 0 Å². The van der Waals surface area contributed by atoms with E-state index in [1.807, 2.05) is 11.9 Å². The Kier molecular flexibility index (Phi) is 4.73. The molecule has 0 aromatic carbocycles. The van der Waals surface area contributed by atoms with Crippen LogP contribution in [0.25, 0.3) is 0 Å². The molecule has 116 valence electrons. The van der Waals surface area contributed by atoms with Gasteiger partial charge < -0.3 is 14.7 Å². The Morgan fingerprint density at radius 1 is 1.29 bits per heavy atom. The maximum atomic E-state index is 12.1. The molecule has 3 amide bonds. The van der Waals surface area contributed by atoms with Gasteiger partial charge in [0.1, 0.15) is 6.54 Å². The Balaban J connectivity index is 1.87. The van der Waals surface area contributed by atoms with Gasteiger partial charge >= 0.3 is 6.03 Å². The van der Waals surface area contributed by atoms with Crippen molar-refractivity contribution < 1.29 is 9.59 Å². The Labute approximate surface area is 123 Å². The van der Waals surface area contributed by atoms with E-state index in [0.717, 1.165) is 26.2 Å². The molecule has 9 nitrogen and oxygen atoms in total. The zero-order valence-electron chi connectivity index (χ0n) is 12.6. The van der Waals surface area contributed by atoms with E-state index >= 15 is 0 Å². The van der Waals surface area contributed by atoms with E-state index in [-0.39, 0.29) is 18.5 Å². The number of aromatic nitrogens is 3. The van der Waals surface area contributed by atoms with Crippen LogP contribution in [-0.4, -0.2) is 89.0 Å². The molecule has 1 aromatic heterocycles. The van der Waals surface area contributed by atoms with Gasteiger partial charge in [0.05, 0.1) is 6.20 Å². The molecule has 1 aliphatic heterocycles. The second-order valence-electron chi connectivity index (χ2n) is 5.31. The molecular weight excluding hydrogens is 274 g/mol. The van der Waals surface area contributed by atoms with Crippen LogP contribution in [0.15, 0.2) is 6.20 Å². The summed E-state index contributed by atoms with van der Waals surface area (Å²) in [6.45, 7) is 3.36. The van der Waals surface area contributed by atoms with Crippen molar-refractivity contribution in [3.63, 3.8) is 0 Å². The monoisotopic (exact) mass is 295 g/mol. The summed E-state index contributed by atoms with van der Waals surface area (Å²) >= 11 is 0. The zero-order valence-corrected chi connectivity index (χ0v) is 12.6. The Hall–Kier alpha value is -2.16. The van der Waals surface area contributed by atoms with E-state index in [4.69, 9.17) is 0 Å². The molecule has 0 radical (unpaired) electrons. The van der Waals surface area contributed by atoms with Crippen molar-refractivity contribution in [3.05, 3.63) is 6.20 Å². The summed E-state index contributed by atoms with van der Waals surface area (Å²) in [7, 11) is 5.31. The molecule has 0 spiro atoms. The second kappa shape index (κ2) is 6.53. The van der Waals surface area contributed by atoms with Gasteiger partial charge in [-0.2, -0.15) is 0 Å². The lowest BCUT2D eigenvalue weighted by atomic mass is 10.3. The maximum absolute atomic E-state index is 12.1. The predicted molar refractivity (Wildman–Crippen MR) is 76.8 cm³/mol. The highest BCUT2D eigenvalue weighted by Crippen LogP contribution is 2.04. The Bertz CT molecular complexity index is 505. The van der Waals surface area contributed by atoms with Crippen LogP contribution in [0.1, 0.15) is 0 Å². The quantitative estimate of drug-likeness (QED) is 0.784. The van der Waals surface area contributed by atoms with E-state index in [0.29, 0.717) is 5.82 Å². The summed E-state index contributed by atoms with van der Waals surface area (Å²) in [6.07, 6.45) is 1.55. The number of anilines is 1. The highest BCUT2D eigenvalue weighted by molar-refractivity contribution is 5.87. The molecule has 0 aliphatic carbocycles. The van der Waals surface area contributed by atoms with E-state index in [2.05, 4.69) is 20.5 Å². The molecule has 0 atom stereocenters. The van der Waals surface area contributed by atoms with Crippen LogP contribution in [0.3, 0.4) is 0 Å². The summed E-state index contributed by atoms with van der Waals surface area (Å²) in [6, 6.07) is -0.285. The van der Waals surface area contributed by atoms with E-state index < -0.39 is 0 Å². The third-order valence-electron chi connectivity index (χ3n) is 3.33. The summed E-state index contributed by atoms with van der Waals surface area (Å²) < 4.78 is 1.44. The van der Waals surface area contributed by atoms with Crippen molar-refractivity contribution in [2.75, 3.05) is 52.6 Å². The smallest absolute Gasteiger partial charge is 0.322 e. The average Bonchev–Trinajstić information content (AvgIpc) is 2.86. The van der Waals surface area contributed by atoms with E-state index in [1.165, 1.54) is 9.58 Å². The van der Waals surface area contributed by atoms with Crippen LogP contribution in [0.2, 0.25) is 0 Å². The van der Waals surface area contributed by atoms with E-state index in [1.54, 1.807) is 20.3 Å². The molecule has 1 aromatic rings. The lowest BCUT2D eigenvalue weighted by Gasteiger charge is -2.32. The molecule has 0 saturated carbocycles. The summed E-state index contributed by atoms with van der Waals surface area (Å²) in [5.74, 6) is 0.346. The van der Waals surface area contributed by atoms with Gasteiger partial charge in [0.25, 0.3) is 0 Å². The minimum atomic E-state index is -0.285. The van der Waals surface area contributed by atoms with Crippen molar-refractivity contribution in [2.45, 2.75) is 6.54 Å². The number of hydrogen-bond acceptors (Lipinski definition) is 5. The molecule has 0 unspecified atom stereocenters. The summed E-state index contributed by atoms with van der Waals surface area (Å²) in [4.78, 5) is 29.0. The maximum Gasteiger partial charge on any atom is 0.322 e. The predicted octanol–water partition coefficient (Wildman–Crippen LogP) is -0.854. The van der Waals surface area contributed by atoms with Gasteiger partial charge in [-0.25, -0.2) is 9.48 Å². The first-order valence-electron chi connectivity index (χ1n) is 6.80. The number of likely N-dealkylation sites (N-methyl/N-ethyl adjacent to an activating group) is 1. The highest BCUT2D eigenvalue weighted by Gasteiger charge is 2.19. The van der Waals surface area contributed by atoms with Crippen LogP contribution in [-0.2, 0) is 11.3 Å². The number of carbonyl (C=O) groups is 2. The number of carbonyl (C=O) groups excluding carboxylic acids is 2. The molecule has 1 aliphatic rings. The molecule has 2 heterocycles. The van der Waals surface area contributed by atoms with Crippen molar-refractivity contribution >= 4 is 17.8 Å². The topological polar surface area (TPSA) is 86.6 Å². The van der Waals surface area contributed by atoms with Crippen LogP contribution in [0.5, 0.6) is 0 Å². The van der Waals surface area contributed by atoms with Crippen molar-refractivity contribution in [3.8, 4) is 0 Å². The Morgan fingerprint density at radius 3 is 2.57 bits per heavy atom. The molecule has 9 heteroatoms. The number of amides is 3. The number of urea groups is 1. The fourth-order valence-corrected chi connectivity index (χ4v) is 1.95. The lowest BCUT2D eigenvalue weighted by Crippen LogP contribution is -2.48. The van der Waals surface area contributed by atoms with Gasteiger partial charge in [0.2, 0.25) is 5.91 Å². The second-order valence-corrected chi connectivity index (χ2v) is 5.31. The third-order valence-corrected chi connectivity index (χ3v) is 3.33. The molecule has 1 saturated heterocycles. The summed E-state index contributed by atoms with van der Waals surface area (Å²) in [5.41, 5.74) is 0. The van der Waals surface area contributed by atoms with Crippen LogP contribution >= 0.6 is 0 Å². The van der Waals surface area contributed by atoms with Gasteiger partial charge in [0.15, 0.2) is 5.82 Å². The number of hydrogen-bond donors (Lipinski definition) is 1.